The number of halogens is 5. The van der Waals surface area contributed by atoms with Crippen molar-refractivity contribution in [2.24, 2.45) is 0 Å². The molecule has 0 aliphatic heterocycles. The van der Waals surface area contributed by atoms with Gasteiger partial charge in [0.2, 0.25) is 0 Å². The van der Waals surface area contributed by atoms with Gasteiger partial charge in [0.15, 0.2) is 0 Å². The molecule has 144 valence electrons. The van der Waals surface area contributed by atoms with E-state index >= 15 is 0 Å². The molecular formula is C21H14BrCl3FNO. The number of benzene rings is 3. The van der Waals surface area contributed by atoms with Gasteiger partial charge in [-0.15, -0.1) is 0 Å². The molecule has 7 heteroatoms. The van der Waals surface area contributed by atoms with Crippen molar-refractivity contribution in [3.8, 4) is 11.1 Å². The van der Waals surface area contributed by atoms with Gasteiger partial charge in [-0.05, 0) is 59.2 Å². The van der Waals surface area contributed by atoms with E-state index in [0.29, 0.717) is 33.0 Å². The lowest BCUT2D eigenvalue weighted by atomic mass is 9.99. The summed E-state index contributed by atoms with van der Waals surface area (Å²) >= 11 is 21.5. The second kappa shape index (κ2) is 9.27. The Kier molecular flexibility index (Phi) is 7.00. The standard InChI is InChI=1S/C21H14BrCl3FNO/c22-10-13-5-14(17-3-2-16(26)9-19(17)24)8-15(6-13)21(28)27-11-12-1-4-18(23)20(25)7-12/h1-9H,10-11H2,(H,27,28). The van der Waals surface area contributed by atoms with Crippen LogP contribution in [0.25, 0.3) is 11.1 Å². The van der Waals surface area contributed by atoms with E-state index in [0.717, 1.165) is 16.7 Å². The molecule has 0 saturated carbocycles. The molecule has 0 atom stereocenters. The molecule has 2 nitrogen and oxygen atoms in total. The number of hydrogen-bond donors (Lipinski definition) is 1. The van der Waals surface area contributed by atoms with Gasteiger partial charge in [-0.3, -0.25) is 4.79 Å². The molecule has 1 N–H and O–H groups in total. The molecule has 0 radical (unpaired) electrons. The zero-order valence-corrected chi connectivity index (χ0v) is 18.3. The predicted octanol–water partition coefficient (Wildman–Crippen LogP) is 7.28. The van der Waals surface area contributed by atoms with Crippen LogP contribution in [-0.2, 0) is 11.9 Å². The van der Waals surface area contributed by atoms with Crippen molar-refractivity contribution < 1.29 is 9.18 Å². The highest BCUT2D eigenvalue weighted by Gasteiger charge is 2.12. The van der Waals surface area contributed by atoms with Crippen molar-refractivity contribution in [1.29, 1.82) is 0 Å². The molecule has 0 unspecified atom stereocenters. The minimum absolute atomic E-state index is 0.242. The van der Waals surface area contributed by atoms with Gasteiger partial charge in [0.25, 0.3) is 5.91 Å². The van der Waals surface area contributed by atoms with E-state index in [1.165, 1.54) is 12.1 Å². The Bertz CT molecular complexity index is 1040. The smallest absolute Gasteiger partial charge is 0.251 e. The molecule has 28 heavy (non-hydrogen) atoms. The van der Waals surface area contributed by atoms with Crippen molar-refractivity contribution in [3.63, 3.8) is 0 Å². The normalized spacial score (nSPS) is 10.8. The number of hydrogen-bond acceptors (Lipinski definition) is 1. The first kappa shape index (κ1) is 21.1. The molecule has 0 fully saturated rings. The second-order valence-corrected chi connectivity index (χ2v) is 7.89. The van der Waals surface area contributed by atoms with Crippen molar-refractivity contribution in [1.82, 2.24) is 5.32 Å². The highest BCUT2D eigenvalue weighted by Crippen LogP contribution is 2.30. The van der Waals surface area contributed by atoms with Crippen LogP contribution in [0.2, 0.25) is 15.1 Å². The number of alkyl halides is 1. The Morgan fingerprint density at radius 3 is 2.36 bits per heavy atom. The summed E-state index contributed by atoms with van der Waals surface area (Å²) in [5.74, 6) is -0.654. The summed E-state index contributed by atoms with van der Waals surface area (Å²) < 4.78 is 13.4. The fraction of sp³-hybridized carbons (Fsp3) is 0.0952. The van der Waals surface area contributed by atoms with Gasteiger partial charge < -0.3 is 5.32 Å². The average molecular weight is 502 g/mol. The molecule has 0 bridgehead atoms. The van der Waals surface area contributed by atoms with Crippen LogP contribution < -0.4 is 5.32 Å². The second-order valence-electron chi connectivity index (χ2n) is 6.11. The third-order valence-electron chi connectivity index (χ3n) is 4.09. The SMILES string of the molecule is O=C(NCc1ccc(Cl)c(Cl)c1)c1cc(CBr)cc(-c2ccc(F)cc2Cl)c1. The Labute approximate surface area is 185 Å². The van der Waals surface area contributed by atoms with Crippen LogP contribution in [0.5, 0.6) is 0 Å². The third-order valence-corrected chi connectivity index (χ3v) is 5.79. The summed E-state index contributed by atoms with van der Waals surface area (Å²) in [4.78, 5) is 12.7. The molecule has 0 aromatic heterocycles. The lowest BCUT2D eigenvalue weighted by Gasteiger charge is -2.11. The molecular weight excluding hydrogens is 487 g/mol. The molecule has 3 rings (SSSR count). The third kappa shape index (κ3) is 5.06. The topological polar surface area (TPSA) is 29.1 Å². The van der Waals surface area contributed by atoms with E-state index < -0.39 is 5.82 Å². The summed E-state index contributed by atoms with van der Waals surface area (Å²) in [6.45, 7) is 0.306. The first-order valence-corrected chi connectivity index (χ1v) is 10.5. The Balaban J connectivity index is 1.86. The van der Waals surface area contributed by atoms with Crippen molar-refractivity contribution in [2.75, 3.05) is 0 Å². The fourth-order valence-corrected chi connectivity index (χ4v) is 3.63. The van der Waals surface area contributed by atoms with Gasteiger partial charge in [-0.2, -0.15) is 0 Å². The first-order valence-electron chi connectivity index (χ1n) is 8.25. The maximum atomic E-state index is 13.4. The highest BCUT2D eigenvalue weighted by atomic mass is 79.9. The van der Waals surface area contributed by atoms with E-state index in [1.54, 1.807) is 36.4 Å². The Morgan fingerprint density at radius 1 is 0.893 bits per heavy atom. The van der Waals surface area contributed by atoms with E-state index in [4.69, 9.17) is 34.8 Å². The molecule has 0 aliphatic carbocycles. The lowest BCUT2D eigenvalue weighted by Crippen LogP contribution is -2.23. The van der Waals surface area contributed by atoms with Crippen LogP contribution in [0.3, 0.4) is 0 Å². The monoisotopic (exact) mass is 499 g/mol. The first-order chi connectivity index (χ1) is 13.4. The van der Waals surface area contributed by atoms with Crippen LogP contribution >= 0.6 is 50.7 Å². The minimum atomic E-state index is -0.412. The van der Waals surface area contributed by atoms with Gasteiger partial charge in [0.05, 0.1) is 15.1 Å². The average Bonchev–Trinajstić information content (AvgIpc) is 2.68. The summed E-state index contributed by atoms with van der Waals surface area (Å²) in [6, 6.07) is 14.8. The van der Waals surface area contributed by atoms with Gasteiger partial charge in [-0.1, -0.05) is 62.9 Å². The molecule has 3 aromatic carbocycles. The van der Waals surface area contributed by atoms with Crippen molar-refractivity contribution in [2.45, 2.75) is 11.9 Å². The van der Waals surface area contributed by atoms with Crippen LogP contribution in [0.4, 0.5) is 4.39 Å². The van der Waals surface area contributed by atoms with Crippen LogP contribution in [0.15, 0.2) is 54.6 Å². The zero-order chi connectivity index (χ0) is 20.3. The highest BCUT2D eigenvalue weighted by molar-refractivity contribution is 9.08. The quantitative estimate of drug-likeness (QED) is 0.366. The lowest BCUT2D eigenvalue weighted by molar-refractivity contribution is 0.0951. The van der Waals surface area contributed by atoms with E-state index in [-0.39, 0.29) is 10.9 Å². The largest absolute Gasteiger partial charge is 0.348 e. The molecule has 0 saturated heterocycles. The van der Waals surface area contributed by atoms with Gasteiger partial charge in [0, 0.05) is 23.0 Å². The minimum Gasteiger partial charge on any atom is -0.348 e. The maximum Gasteiger partial charge on any atom is 0.251 e. The zero-order valence-electron chi connectivity index (χ0n) is 14.4. The van der Waals surface area contributed by atoms with E-state index in [2.05, 4.69) is 21.2 Å². The van der Waals surface area contributed by atoms with Crippen molar-refractivity contribution in [3.05, 3.63) is 92.2 Å². The fourth-order valence-electron chi connectivity index (χ4n) is 2.71. The van der Waals surface area contributed by atoms with Gasteiger partial charge in [-0.25, -0.2) is 4.39 Å². The number of rotatable bonds is 5. The molecule has 0 heterocycles. The van der Waals surface area contributed by atoms with E-state index in [1.807, 2.05) is 6.07 Å². The summed E-state index contributed by atoms with van der Waals surface area (Å²) in [5, 5.41) is 4.61. The van der Waals surface area contributed by atoms with Gasteiger partial charge in [0.1, 0.15) is 5.82 Å². The Hall–Kier alpha value is -1.59. The number of carbonyl (C=O) groups excluding carboxylic acids is 1. The van der Waals surface area contributed by atoms with Crippen molar-refractivity contribution >= 4 is 56.6 Å². The van der Waals surface area contributed by atoms with E-state index in [9.17, 15) is 9.18 Å². The van der Waals surface area contributed by atoms with Crippen LogP contribution in [-0.4, -0.2) is 5.91 Å². The number of carbonyl (C=O) groups is 1. The molecule has 0 spiro atoms. The number of nitrogens with one attached hydrogen (secondary N) is 1. The van der Waals surface area contributed by atoms with Gasteiger partial charge >= 0.3 is 0 Å². The van der Waals surface area contributed by atoms with Crippen LogP contribution in [0.1, 0.15) is 21.5 Å². The maximum absolute atomic E-state index is 13.4. The number of amides is 1. The summed E-state index contributed by atoms with van der Waals surface area (Å²) in [6.07, 6.45) is 0. The molecule has 3 aromatic rings. The summed E-state index contributed by atoms with van der Waals surface area (Å²) in [7, 11) is 0. The molecule has 0 aliphatic rings. The molecule has 1 amide bonds. The predicted molar refractivity (Wildman–Crippen MR) is 117 cm³/mol. The summed E-state index contributed by atoms with van der Waals surface area (Å²) in [5.41, 5.74) is 3.61. The Morgan fingerprint density at radius 2 is 1.68 bits per heavy atom. The van der Waals surface area contributed by atoms with Crippen LogP contribution in [0, 0.1) is 5.82 Å².